The zero-order valence-electron chi connectivity index (χ0n) is 16.5. The molecule has 0 radical (unpaired) electrons. The fourth-order valence-corrected chi connectivity index (χ4v) is 3.96. The summed E-state index contributed by atoms with van der Waals surface area (Å²) in [6, 6.07) is 0. The average molecular weight is 421 g/mol. The maximum atomic E-state index is 12.5. The molecule has 28 heavy (non-hydrogen) atoms. The third-order valence-electron chi connectivity index (χ3n) is 4.72. The summed E-state index contributed by atoms with van der Waals surface area (Å²) in [7, 11) is 1.68. The van der Waals surface area contributed by atoms with Crippen LogP contribution < -0.4 is 10.6 Å². The number of aliphatic imine (C=N–C) groups is 1. The predicted molar refractivity (Wildman–Crippen MR) is 107 cm³/mol. The van der Waals surface area contributed by atoms with Gasteiger partial charge < -0.3 is 15.4 Å². The van der Waals surface area contributed by atoms with Gasteiger partial charge in [0.25, 0.3) is 0 Å². The van der Waals surface area contributed by atoms with Gasteiger partial charge in [-0.05, 0) is 32.1 Å². The lowest BCUT2D eigenvalue weighted by Crippen LogP contribution is -2.38. The van der Waals surface area contributed by atoms with Crippen molar-refractivity contribution in [2.75, 3.05) is 26.7 Å². The second-order valence-electron chi connectivity index (χ2n) is 6.99. The molecule has 0 saturated heterocycles. The van der Waals surface area contributed by atoms with Crippen LogP contribution in [0.25, 0.3) is 0 Å². The van der Waals surface area contributed by atoms with E-state index >= 15 is 0 Å². The van der Waals surface area contributed by atoms with Gasteiger partial charge in [0.1, 0.15) is 0 Å². The second kappa shape index (κ2) is 12.3. The number of hydrogen-bond donors (Lipinski definition) is 2. The van der Waals surface area contributed by atoms with Gasteiger partial charge in [-0.3, -0.25) is 4.99 Å². The van der Waals surface area contributed by atoms with E-state index in [1.54, 1.807) is 7.05 Å². The average Bonchev–Trinajstić information content (AvgIpc) is 3.16. The number of aromatic nitrogens is 1. The molecule has 1 aliphatic rings. The van der Waals surface area contributed by atoms with Crippen molar-refractivity contribution in [1.82, 2.24) is 15.6 Å². The van der Waals surface area contributed by atoms with Crippen LogP contribution in [-0.2, 0) is 17.3 Å². The first-order chi connectivity index (χ1) is 13.5. The number of ether oxygens (including phenoxy) is 1. The molecule has 2 rings (SSSR count). The molecule has 2 N–H and O–H groups in total. The van der Waals surface area contributed by atoms with E-state index in [9.17, 15) is 13.2 Å². The molecule has 1 aromatic heterocycles. The van der Waals surface area contributed by atoms with Gasteiger partial charge >= 0.3 is 6.18 Å². The first-order valence-electron chi connectivity index (χ1n) is 10.1. The highest BCUT2D eigenvalue weighted by Gasteiger charge is 2.33. The summed E-state index contributed by atoms with van der Waals surface area (Å²) in [5.41, 5.74) is -0.817. The van der Waals surface area contributed by atoms with Crippen LogP contribution in [-0.4, -0.2) is 43.8 Å². The third-order valence-corrected chi connectivity index (χ3v) is 5.63. The lowest BCUT2D eigenvalue weighted by atomic mass is 9.98. The van der Waals surface area contributed by atoms with Crippen molar-refractivity contribution >= 4 is 17.3 Å². The Hall–Kier alpha value is -1.35. The third kappa shape index (κ3) is 8.77. The van der Waals surface area contributed by atoms with Gasteiger partial charge in [-0.25, -0.2) is 4.98 Å². The molecule has 1 fully saturated rings. The van der Waals surface area contributed by atoms with Crippen LogP contribution in [0, 0.1) is 0 Å². The molecule has 160 valence electrons. The lowest BCUT2D eigenvalue weighted by molar-refractivity contribution is -0.140. The number of nitrogens with zero attached hydrogens (tertiary/aromatic N) is 2. The first kappa shape index (κ1) is 22.9. The minimum Gasteiger partial charge on any atom is -0.378 e. The smallest absolute Gasteiger partial charge is 0.378 e. The monoisotopic (exact) mass is 420 g/mol. The van der Waals surface area contributed by atoms with E-state index in [0.29, 0.717) is 30.0 Å². The van der Waals surface area contributed by atoms with Crippen molar-refractivity contribution in [3.8, 4) is 0 Å². The summed E-state index contributed by atoms with van der Waals surface area (Å²) >= 11 is 1.03. The van der Waals surface area contributed by atoms with Crippen LogP contribution in [0.3, 0.4) is 0 Å². The van der Waals surface area contributed by atoms with E-state index in [-0.39, 0.29) is 0 Å². The Morgan fingerprint density at radius 2 is 1.93 bits per heavy atom. The normalized spacial score (nSPS) is 16.4. The van der Waals surface area contributed by atoms with Gasteiger partial charge in [0, 0.05) is 38.5 Å². The molecule has 5 nitrogen and oxygen atoms in total. The lowest BCUT2D eigenvalue weighted by Gasteiger charge is -2.21. The Morgan fingerprint density at radius 1 is 1.18 bits per heavy atom. The minimum atomic E-state index is -4.37. The fraction of sp³-hybridized carbons (Fsp3) is 0.789. The van der Waals surface area contributed by atoms with Gasteiger partial charge in [0.2, 0.25) is 0 Å². The Kier molecular flexibility index (Phi) is 10.0. The van der Waals surface area contributed by atoms with Gasteiger partial charge in [0.05, 0.1) is 11.1 Å². The van der Waals surface area contributed by atoms with Crippen molar-refractivity contribution < 1.29 is 17.9 Å². The molecule has 1 aromatic rings. The number of alkyl halides is 3. The summed E-state index contributed by atoms with van der Waals surface area (Å²) < 4.78 is 43.5. The number of thiazole rings is 1. The van der Waals surface area contributed by atoms with Crippen molar-refractivity contribution in [2.24, 2.45) is 4.99 Å². The van der Waals surface area contributed by atoms with Crippen LogP contribution in [0.15, 0.2) is 10.4 Å². The summed E-state index contributed by atoms with van der Waals surface area (Å²) in [5, 5.41) is 7.86. The Morgan fingerprint density at radius 3 is 2.61 bits per heavy atom. The van der Waals surface area contributed by atoms with E-state index in [2.05, 4.69) is 20.6 Å². The zero-order valence-corrected chi connectivity index (χ0v) is 17.3. The van der Waals surface area contributed by atoms with E-state index in [4.69, 9.17) is 4.74 Å². The topological polar surface area (TPSA) is 58.5 Å². The molecule has 0 spiro atoms. The summed E-state index contributed by atoms with van der Waals surface area (Å²) in [4.78, 5) is 7.75. The van der Waals surface area contributed by atoms with E-state index in [0.717, 1.165) is 49.1 Å². The Bertz CT molecular complexity index is 586. The van der Waals surface area contributed by atoms with Gasteiger partial charge in [-0.15, -0.1) is 11.3 Å². The largest absolute Gasteiger partial charge is 0.434 e. The molecule has 0 amide bonds. The number of rotatable bonds is 10. The molecule has 0 unspecified atom stereocenters. The highest BCUT2D eigenvalue weighted by atomic mass is 32.1. The van der Waals surface area contributed by atoms with Gasteiger partial charge in [-0.2, -0.15) is 13.2 Å². The fourth-order valence-electron chi connectivity index (χ4n) is 3.16. The minimum absolute atomic E-state index is 0.431. The van der Waals surface area contributed by atoms with Crippen LogP contribution in [0.1, 0.15) is 62.1 Å². The molecular formula is C19H31F3N4OS. The highest BCUT2D eigenvalue weighted by Crippen LogP contribution is 2.30. The Labute approximate surface area is 169 Å². The summed E-state index contributed by atoms with van der Waals surface area (Å²) in [6.07, 6.45) is 6.08. The number of guanidine groups is 1. The number of hydrogen-bond acceptors (Lipinski definition) is 4. The SMILES string of the molecule is CN=C(NCCCCCOC1CCCCC1)NCCc1nc(C(F)(F)F)cs1. The predicted octanol–water partition coefficient (Wildman–Crippen LogP) is 4.39. The summed E-state index contributed by atoms with van der Waals surface area (Å²) in [6.45, 7) is 2.13. The number of halogens is 3. The molecule has 0 atom stereocenters. The maximum absolute atomic E-state index is 12.5. The molecule has 9 heteroatoms. The standard InChI is InChI=1S/C19H31F3N4OS/c1-23-18(25-12-10-17-26-16(14-28-17)19(20,21)22)24-11-6-3-7-13-27-15-8-4-2-5-9-15/h14-15H,2-13H2,1H3,(H2,23,24,25). The van der Waals surface area contributed by atoms with Crippen LogP contribution in [0.4, 0.5) is 13.2 Å². The molecule has 1 saturated carbocycles. The summed E-state index contributed by atoms with van der Waals surface area (Å²) in [5.74, 6) is 0.658. The maximum Gasteiger partial charge on any atom is 0.434 e. The van der Waals surface area contributed by atoms with Crippen LogP contribution in [0.5, 0.6) is 0 Å². The van der Waals surface area contributed by atoms with E-state index < -0.39 is 11.9 Å². The highest BCUT2D eigenvalue weighted by molar-refractivity contribution is 7.09. The Balaban J connectivity index is 1.50. The van der Waals surface area contributed by atoms with Crippen LogP contribution >= 0.6 is 11.3 Å². The second-order valence-corrected chi connectivity index (χ2v) is 7.93. The molecule has 1 heterocycles. The van der Waals surface area contributed by atoms with Gasteiger partial charge in [0.15, 0.2) is 11.7 Å². The molecule has 0 aliphatic heterocycles. The van der Waals surface area contributed by atoms with Crippen molar-refractivity contribution in [2.45, 2.75) is 70.1 Å². The molecule has 0 bridgehead atoms. The number of unbranched alkanes of at least 4 members (excludes halogenated alkanes) is 2. The zero-order chi connectivity index (χ0) is 20.2. The quantitative estimate of drug-likeness (QED) is 0.335. The number of nitrogens with one attached hydrogen (secondary N) is 2. The van der Waals surface area contributed by atoms with Crippen LogP contribution in [0.2, 0.25) is 0 Å². The molecular weight excluding hydrogens is 389 g/mol. The van der Waals surface area contributed by atoms with Crippen molar-refractivity contribution in [3.63, 3.8) is 0 Å². The van der Waals surface area contributed by atoms with Gasteiger partial charge in [-0.1, -0.05) is 19.3 Å². The molecule has 0 aromatic carbocycles. The first-order valence-corrected chi connectivity index (χ1v) is 10.9. The van der Waals surface area contributed by atoms with E-state index in [1.807, 2.05) is 0 Å². The molecule has 1 aliphatic carbocycles. The van der Waals surface area contributed by atoms with Crippen molar-refractivity contribution in [3.05, 3.63) is 16.1 Å². The van der Waals surface area contributed by atoms with E-state index in [1.165, 1.54) is 32.1 Å². The van der Waals surface area contributed by atoms with Crippen molar-refractivity contribution in [1.29, 1.82) is 0 Å².